The van der Waals surface area contributed by atoms with Crippen LogP contribution in [0.25, 0.3) is 0 Å². The molecule has 1 rings (SSSR count). The summed E-state index contributed by atoms with van der Waals surface area (Å²) in [6, 6.07) is 0. The van der Waals surface area contributed by atoms with Gasteiger partial charge in [0.15, 0.2) is 0 Å². The van der Waals surface area contributed by atoms with Crippen molar-refractivity contribution in [3.63, 3.8) is 0 Å². The number of unbranched alkanes of at least 4 members (excludes halogenated alkanes) is 1. The number of ether oxygens (including phenoxy) is 1. The standard InChI is InChI=1S/C14H28O/c1-5-7-8-12(6-2)9-13-10-14(3,4)15-11-13/h12-13H,5-11H2,1-4H3/t12-,13-/m1/s1. The number of hydrogen-bond donors (Lipinski definition) is 0. The molecule has 1 aliphatic rings. The lowest BCUT2D eigenvalue weighted by Gasteiger charge is -2.19. The van der Waals surface area contributed by atoms with Crippen LogP contribution in [0.4, 0.5) is 0 Å². The molecule has 0 radical (unpaired) electrons. The summed E-state index contributed by atoms with van der Waals surface area (Å²) in [6.45, 7) is 10.1. The van der Waals surface area contributed by atoms with E-state index in [9.17, 15) is 0 Å². The molecule has 0 spiro atoms. The molecule has 0 aromatic rings. The second-order valence-corrected chi connectivity index (χ2v) is 5.79. The topological polar surface area (TPSA) is 9.23 Å². The Morgan fingerprint density at radius 3 is 2.53 bits per heavy atom. The highest BCUT2D eigenvalue weighted by molar-refractivity contribution is 4.82. The second-order valence-electron chi connectivity index (χ2n) is 5.79. The Balaban J connectivity index is 2.27. The minimum atomic E-state index is 0.147. The predicted molar refractivity (Wildman–Crippen MR) is 66.1 cm³/mol. The molecule has 15 heavy (non-hydrogen) atoms. The third kappa shape index (κ3) is 4.55. The Labute approximate surface area is 95.6 Å². The van der Waals surface area contributed by atoms with Gasteiger partial charge in [-0.3, -0.25) is 0 Å². The summed E-state index contributed by atoms with van der Waals surface area (Å²) in [6.07, 6.45) is 8.15. The summed E-state index contributed by atoms with van der Waals surface area (Å²) in [5.41, 5.74) is 0.147. The van der Waals surface area contributed by atoms with Crippen LogP contribution in [0, 0.1) is 11.8 Å². The Hall–Kier alpha value is -0.0400. The lowest BCUT2D eigenvalue weighted by molar-refractivity contribution is 0.0345. The second kappa shape index (κ2) is 5.89. The Kier molecular flexibility index (Phi) is 5.11. The summed E-state index contributed by atoms with van der Waals surface area (Å²) in [7, 11) is 0. The first kappa shape index (κ1) is 13.0. The van der Waals surface area contributed by atoms with Crippen molar-refractivity contribution in [1.82, 2.24) is 0 Å². The highest BCUT2D eigenvalue weighted by Gasteiger charge is 2.32. The quantitative estimate of drug-likeness (QED) is 0.634. The van der Waals surface area contributed by atoms with E-state index < -0.39 is 0 Å². The van der Waals surface area contributed by atoms with Gasteiger partial charge < -0.3 is 4.74 Å². The summed E-state index contributed by atoms with van der Waals surface area (Å²) < 4.78 is 5.80. The average molecular weight is 212 g/mol. The van der Waals surface area contributed by atoms with Crippen LogP contribution >= 0.6 is 0 Å². The van der Waals surface area contributed by atoms with Crippen molar-refractivity contribution in [3.05, 3.63) is 0 Å². The van der Waals surface area contributed by atoms with Gasteiger partial charge >= 0.3 is 0 Å². The van der Waals surface area contributed by atoms with Crippen molar-refractivity contribution in [1.29, 1.82) is 0 Å². The van der Waals surface area contributed by atoms with Gasteiger partial charge in [0.2, 0.25) is 0 Å². The minimum Gasteiger partial charge on any atom is -0.375 e. The molecule has 2 atom stereocenters. The zero-order valence-electron chi connectivity index (χ0n) is 11.0. The van der Waals surface area contributed by atoms with Crippen molar-refractivity contribution in [2.24, 2.45) is 11.8 Å². The third-order valence-electron chi connectivity index (χ3n) is 3.70. The molecule has 1 aliphatic heterocycles. The van der Waals surface area contributed by atoms with Gasteiger partial charge in [0.1, 0.15) is 0 Å². The fourth-order valence-electron chi connectivity index (χ4n) is 2.76. The monoisotopic (exact) mass is 212 g/mol. The van der Waals surface area contributed by atoms with E-state index in [1.807, 2.05) is 0 Å². The zero-order valence-corrected chi connectivity index (χ0v) is 11.0. The number of rotatable bonds is 6. The summed E-state index contributed by atoms with van der Waals surface area (Å²) in [5.74, 6) is 1.76. The molecule has 0 amide bonds. The molecule has 1 saturated heterocycles. The van der Waals surface area contributed by atoms with E-state index in [1.165, 1.54) is 38.5 Å². The highest BCUT2D eigenvalue weighted by Crippen LogP contribution is 2.34. The van der Waals surface area contributed by atoms with Gasteiger partial charge in [0, 0.05) is 0 Å². The SMILES string of the molecule is CCCC[C@@H](CC)C[C@H]1COC(C)(C)C1. The van der Waals surface area contributed by atoms with Crippen molar-refractivity contribution < 1.29 is 4.74 Å². The molecule has 0 saturated carbocycles. The maximum atomic E-state index is 5.80. The summed E-state index contributed by atoms with van der Waals surface area (Å²) >= 11 is 0. The van der Waals surface area contributed by atoms with Crippen LogP contribution in [0.2, 0.25) is 0 Å². The van der Waals surface area contributed by atoms with Crippen LogP contribution in [0.3, 0.4) is 0 Å². The van der Waals surface area contributed by atoms with E-state index in [1.54, 1.807) is 0 Å². The largest absolute Gasteiger partial charge is 0.375 e. The lowest BCUT2D eigenvalue weighted by atomic mass is 9.85. The van der Waals surface area contributed by atoms with E-state index in [2.05, 4.69) is 27.7 Å². The van der Waals surface area contributed by atoms with Crippen LogP contribution in [0.5, 0.6) is 0 Å². The van der Waals surface area contributed by atoms with Gasteiger partial charge in [-0.2, -0.15) is 0 Å². The van der Waals surface area contributed by atoms with Crippen molar-refractivity contribution in [2.75, 3.05) is 6.61 Å². The molecule has 1 nitrogen and oxygen atoms in total. The smallest absolute Gasteiger partial charge is 0.0630 e. The Morgan fingerprint density at radius 2 is 2.07 bits per heavy atom. The molecule has 0 aromatic heterocycles. The molecule has 1 heteroatoms. The van der Waals surface area contributed by atoms with E-state index in [4.69, 9.17) is 4.74 Å². The molecular weight excluding hydrogens is 184 g/mol. The molecular formula is C14H28O. The van der Waals surface area contributed by atoms with Crippen LogP contribution < -0.4 is 0 Å². The number of hydrogen-bond acceptors (Lipinski definition) is 1. The molecule has 0 aromatic carbocycles. The molecule has 0 bridgehead atoms. The van der Waals surface area contributed by atoms with Crippen molar-refractivity contribution in [3.8, 4) is 0 Å². The molecule has 1 fully saturated rings. The van der Waals surface area contributed by atoms with Gasteiger partial charge in [-0.05, 0) is 38.5 Å². The maximum absolute atomic E-state index is 5.80. The van der Waals surface area contributed by atoms with Gasteiger partial charge in [-0.25, -0.2) is 0 Å². The highest BCUT2D eigenvalue weighted by atomic mass is 16.5. The van der Waals surface area contributed by atoms with Crippen LogP contribution in [-0.2, 0) is 4.74 Å². The average Bonchev–Trinajstić information content (AvgIpc) is 2.52. The van der Waals surface area contributed by atoms with Gasteiger partial charge in [0.25, 0.3) is 0 Å². The minimum absolute atomic E-state index is 0.147. The van der Waals surface area contributed by atoms with Crippen molar-refractivity contribution in [2.45, 2.75) is 71.8 Å². The predicted octanol–water partition coefficient (Wildman–Crippen LogP) is 4.41. The van der Waals surface area contributed by atoms with E-state index >= 15 is 0 Å². The lowest BCUT2D eigenvalue weighted by Crippen LogP contribution is -2.17. The Bertz CT molecular complexity index is 174. The fourth-order valence-corrected chi connectivity index (χ4v) is 2.76. The van der Waals surface area contributed by atoms with Gasteiger partial charge in [0.05, 0.1) is 12.2 Å². The first-order valence-electron chi connectivity index (χ1n) is 6.71. The van der Waals surface area contributed by atoms with Crippen LogP contribution in [0.15, 0.2) is 0 Å². The van der Waals surface area contributed by atoms with E-state index in [0.29, 0.717) is 0 Å². The molecule has 90 valence electrons. The first-order valence-corrected chi connectivity index (χ1v) is 6.71. The van der Waals surface area contributed by atoms with E-state index in [-0.39, 0.29) is 5.60 Å². The normalized spacial score (nSPS) is 26.8. The van der Waals surface area contributed by atoms with Crippen LogP contribution in [0.1, 0.15) is 66.2 Å². The summed E-state index contributed by atoms with van der Waals surface area (Å²) in [5, 5.41) is 0. The van der Waals surface area contributed by atoms with Crippen molar-refractivity contribution >= 4 is 0 Å². The first-order chi connectivity index (χ1) is 7.07. The molecule has 0 unspecified atom stereocenters. The third-order valence-corrected chi connectivity index (χ3v) is 3.70. The Morgan fingerprint density at radius 1 is 1.33 bits per heavy atom. The summed E-state index contributed by atoms with van der Waals surface area (Å²) in [4.78, 5) is 0. The molecule has 0 N–H and O–H groups in total. The maximum Gasteiger partial charge on any atom is 0.0630 e. The fraction of sp³-hybridized carbons (Fsp3) is 1.00. The van der Waals surface area contributed by atoms with Gasteiger partial charge in [-0.1, -0.05) is 39.5 Å². The molecule has 1 heterocycles. The zero-order chi connectivity index (χ0) is 11.3. The molecule has 0 aliphatic carbocycles. The van der Waals surface area contributed by atoms with E-state index in [0.717, 1.165) is 18.4 Å². The van der Waals surface area contributed by atoms with Crippen LogP contribution in [-0.4, -0.2) is 12.2 Å². The van der Waals surface area contributed by atoms with Gasteiger partial charge in [-0.15, -0.1) is 0 Å².